The van der Waals surface area contributed by atoms with Gasteiger partial charge in [0.2, 0.25) is 0 Å². The van der Waals surface area contributed by atoms with E-state index in [0.29, 0.717) is 0 Å². The molecule has 0 spiro atoms. The monoisotopic (exact) mass is 962 g/mol. The average molecular weight is 962 g/mol. The number of rotatable bonds is 6. The Balaban J connectivity index is 1.16. The van der Waals surface area contributed by atoms with E-state index in [1.54, 1.807) is 0 Å². The number of para-hydroxylation sites is 2. The van der Waals surface area contributed by atoms with Gasteiger partial charge in [0.15, 0.2) is 0 Å². The Morgan fingerprint density at radius 1 is 0.392 bits per heavy atom. The summed E-state index contributed by atoms with van der Waals surface area (Å²) in [6.07, 6.45) is 0. The molecular weight excluding hydrogens is 894 g/mol. The normalized spacial score (nSPS) is 14.2. The SMILES string of the molecule is Cc1cc2c3c(c1)N(c1ccc(C(C)(C)C)cc1-c1ccc(C(C)(C)C)cc1)c1ccc(C(C)(C)C)cc1B3c1ccc(N(c3ccccc3)c3ccccc3)cc1N2c1ccc2c(c1)C(C)(C)c1ccccc1-2. The van der Waals surface area contributed by atoms with E-state index in [1.807, 2.05) is 0 Å². The molecular formula is C70H68BN3. The fourth-order valence-electron chi connectivity index (χ4n) is 12.3. The molecule has 0 unspecified atom stereocenters. The van der Waals surface area contributed by atoms with E-state index in [4.69, 9.17) is 0 Å². The summed E-state index contributed by atoms with van der Waals surface area (Å²) in [5.41, 5.74) is 27.3. The van der Waals surface area contributed by atoms with Crippen molar-refractivity contribution in [2.24, 2.45) is 0 Å². The van der Waals surface area contributed by atoms with Crippen molar-refractivity contribution < 1.29 is 0 Å². The standard InChI is InChI=1S/C70H68BN3/c1-45-39-64-66-65(40-45)74(61-37-31-48(68(5,6)7)41-56(61)46-27-29-47(30-28-46)67(2,3)4)62-38-32-49(69(8,9)10)42-60(62)71(66)59-36-34-53(72(50-21-15-13-16-22-50)51-23-17-14-18-24-51)44-63(59)73(64)52-33-35-55-54-25-19-20-26-57(54)70(11,12)58(55)43-52/h13-44H,1-12H3. The molecule has 0 aromatic heterocycles. The lowest BCUT2D eigenvalue weighted by molar-refractivity contribution is 0.590. The molecule has 9 aromatic rings. The van der Waals surface area contributed by atoms with Crippen LogP contribution in [-0.4, -0.2) is 6.71 Å². The molecule has 2 aliphatic heterocycles. The van der Waals surface area contributed by atoms with Crippen LogP contribution in [0.2, 0.25) is 0 Å². The number of nitrogens with zero attached hydrogens (tertiary/aromatic N) is 3. The van der Waals surface area contributed by atoms with Crippen molar-refractivity contribution in [1.29, 1.82) is 0 Å². The molecule has 12 rings (SSSR count). The van der Waals surface area contributed by atoms with Crippen LogP contribution in [0, 0.1) is 6.92 Å². The van der Waals surface area contributed by atoms with E-state index in [2.05, 4.69) is 292 Å². The maximum Gasteiger partial charge on any atom is 0.252 e. The average Bonchev–Trinajstić information content (AvgIpc) is 3.60. The van der Waals surface area contributed by atoms with Crippen LogP contribution in [0.5, 0.6) is 0 Å². The second kappa shape index (κ2) is 17.0. The number of aryl methyl sites for hydroxylation is 1. The van der Waals surface area contributed by atoms with Crippen LogP contribution in [0.3, 0.4) is 0 Å². The number of anilines is 9. The maximum atomic E-state index is 2.62. The molecule has 74 heavy (non-hydrogen) atoms. The van der Waals surface area contributed by atoms with Crippen molar-refractivity contribution in [1.82, 2.24) is 0 Å². The van der Waals surface area contributed by atoms with Crippen molar-refractivity contribution >= 4 is 74.3 Å². The Kier molecular flexibility index (Phi) is 10.9. The highest BCUT2D eigenvalue weighted by atomic mass is 15.2. The summed E-state index contributed by atoms with van der Waals surface area (Å²) < 4.78 is 0. The molecule has 0 N–H and O–H groups in total. The third kappa shape index (κ3) is 7.71. The van der Waals surface area contributed by atoms with Crippen molar-refractivity contribution in [2.75, 3.05) is 14.7 Å². The summed E-state index contributed by atoms with van der Waals surface area (Å²) in [6.45, 7) is 28.0. The van der Waals surface area contributed by atoms with Gasteiger partial charge in [-0.25, -0.2) is 0 Å². The first-order chi connectivity index (χ1) is 35.3. The van der Waals surface area contributed by atoms with Gasteiger partial charge >= 0.3 is 0 Å². The predicted molar refractivity (Wildman–Crippen MR) is 319 cm³/mol. The van der Waals surface area contributed by atoms with Gasteiger partial charge in [-0.05, 0) is 168 Å². The largest absolute Gasteiger partial charge is 0.311 e. The molecule has 4 heteroatoms. The Hall–Kier alpha value is -7.56. The lowest BCUT2D eigenvalue weighted by Crippen LogP contribution is -2.61. The van der Waals surface area contributed by atoms with Gasteiger partial charge in [-0.3, -0.25) is 0 Å². The van der Waals surface area contributed by atoms with E-state index in [0.717, 1.165) is 22.7 Å². The third-order valence-corrected chi connectivity index (χ3v) is 16.3. The minimum atomic E-state index is -0.172. The van der Waals surface area contributed by atoms with Gasteiger partial charge in [-0.1, -0.05) is 191 Å². The number of hydrogen-bond donors (Lipinski definition) is 0. The van der Waals surface area contributed by atoms with Gasteiger partial charge in [-0.15, -0.1) is 0 Å². The summed E-state index contributed by atoms with van der Waals surface area (Å²) in [5.74, 6) is 0. The van der Waals surface area contributed by atoms with Crippen LogP contribution < -0.4 is 31.1 Å². The van der Waals surface area contributed by atoms with Gasteiger partial charge in [0, 0.05) is 56.5 Å². The Morgan fingerprint density at radius 2 is 0.946 bits per heavy atom. The van der Waals surface area contributed by atoms with Crippen molar-refractivity contribution in [3.63, 3.8) is 0 Å². The van der Waals surface area contributed by atoms with E-state index in [1.165, 1.54) is 100 Å². The van der Waals surface area contributed by atoms with Gasteiger partial charge in [0.1, 0.15) is 0 Å². The van der Waals surface area contributed by atoms with Crippen LogP contribution in [-0.2, 0) is 21.7 Å². The molecule has 9 aromatic carbocycles. The highest BCUT2D eigenvalue weighted by Crippen LogP contribution is 2.53. The Labute approximate surface area is 441 Å². The van der Waals surface area contributed by atoms with Gasteiger partial charge < -0.3 is 14.7 Å². The van der Waals surface area contributed by atoms with Crippen molar-refractivity contribution in [3.8, 4) is 22.3 Å². The topological polar surface area (TPSA) is 9.72 Å². The van der Waals surface area contributed by atoms with Crippen LogP contribution in [0.1, 0.15) is 110 Å². The molecule has 3 aliphatic rings. The molecule has 0 saturated heterocycles. The molecule has 1 aliphatic carbocycles. The van der Waals surface area contributed by atoms with Gasteiger partial charge in [0.05, 0.1) is 5.69 Å². The number of fused-ring (bicyclic) bond motifs is 7. The van der Waals surface area contributed by atoms with Crippen molar-refractivity contribution in [3.05, 3.63) is 228 Å². The molecule has 0 radical (unpaired) electrons. The minimum absolute atomic E-state index is 0.0426. The van der Waals surface area contributed by atoms with E-state index >= 15 is 0 Å². The highest BCUT2D eigenvalue weighted by molar-refractivity contribution is 7.00. The lowest BCUT2D eigenvalue weighted by atomic mass is 9.33. The van der Waals surface area contributed by atoms with Crippen LogP contribution in [0.4, 0.5) is 51.2 Å². The molecule has 0 atom stereocenters. The summed E-state index contributed by atoms with van der Waals surface area (Å²) in [7, 11) is 0. The molecule has 0 bridgehead atoms. The zero-order valence-corrected chi connectivity index (χ0v) is 45.4. The van der Waals surface area contributed by atoms with Gasteiger partial charge in [-0.2, -0.15) is 0 Å². The first-order valence-corrected chi connectivity index (χ1v) is 26.7. The lowest BCUT2D eigenvalue weighted by Gasteiger charge is -2.45. The fraction of sp³-hybridized carbons (Fsp3) is 0.229. The fourth-order valence-corrected chi connectivity index (χ4v) is 12.3. The van der Waals surface area contributed by atoms with E-state index in [9.17, 15) is 0 Å². The summed E-state index contributed by atoms with van der Waals surface area (Å²) in [4.78, 5) is 7.64. The molecule has 0 amide bonds. The Bertz CT molecular complexity index is 3620. The maximum absolute atomic E-state index is 2.62. The number of benzene rings is 9. The predicted octanol–water partition coefficient (Wildman–Crippen LogP) is 17.4. The van der Waals surface area contributed by atoms with E-state index < -0.39 is 0 Å². The van der Waals surface area contributed by atoms with E-state index in [-0.39, 0.29) is 28.4 Å². The minimum Gasteiger partial charge on any atom is -0.311 e. The van der Waals surface area contributed by atoms with Crippen LogP contribution >= 0.6 is 0 Å². The van der Waals surface area contributed by atoms with Crippen molar-refractivity contribution in [2.45, 2.75) is 105 Å². The summed E-state index contributed by atoms with van der Waals surface area (Å²) in [6, 6.07) is 74.1. The first-order valence-electron chi connectivity index (χ1n) is 26.7. The van der Waals surface area contributed by atoms with Gasteiger partial charge in [0.25, 0.3) is 6.71 Å². The molecule has 366 valence electrons. The molecule has 2 heterocycles. The molecule has 3 nitrogen and oxygen atoms in total. The summed E-state index contributed by atoms with van der Waals surface area (Å²) >= 11 is 0. The quantitative estimate of drug-likeness (QED) is 0.154. The summed E-state index contributed by atoms with van der Waals surface area (Å²) in [5, 5.41) is 0. The molecule has 0 saturated carbocycles. The molecule has 0 fully saturated rings. The number of hydrogen-bond acceptors (Lipinski definition) is 3. The second-order valence-corrected chi connectivity index (χ2v) is 24.8. The highest BCUT2D eigenvalue weighted by Gasteiger charge is 2.45. The Morgan fingerprint density at radius 3 is 1.58 bits per heavy atom. The van der Waals surface area contributed by atoms with Crippen LogP contribution in [0.25, 0.3) is 22.3 Å². The zero-order valence-electron chi connectivity index (χ0n) is 45.4. The van der Waals surface area contributed by atoms with Crippen LogP contribution in [0.15, 0.2) is 194 Å². The smallest absolute Gasteiger partial charge is 0.252 e. The second-order valence-electron chi connectivity index (χ2n) is 24.8. The zero-order chi connectivity index (χ0) is 51.6. The third-order valence-electron chi connectivity index (χ3n) is 16.3. The first kappa shape index (κ1) is 47.4.